The highest BCUT2D eigenvalue weighted by molar-refractivity contribution is 5.90. The molecule has 6 heteroatoms. The van der Waals surface area contributed by atoms with E-state index in [9.17, 15) is 0 Å². The highest BCUT2D eigenvalue weighted by atomic mass is 16.5. The van der Waals surface area contributed by atoms with Gasteiger partial charge in [0.2, 0.25) is 5.89 Å². The number of benzene rings is 1. The van der Waals surface area contributed by atoms with Gasteiger partial charge < -0.3 is 9.84 Å². The van der Waals surface area contributed by atoms with Crippen LogP contribution in [0.15, 0.2) is 41.3 Å². The van der Waals surface area contributed by atoms with E-state index in [0.717, 1.165) is 16.6 Å². The summed E-state index contributed by atoms with van der Waals surface area (Å²) < 4.78 is 4.92. The summed E-state index contributed by atoms with van der Waals surface area (Å²) in [6.45, 7) is 0.672. The molecule has 1 N–H and O–H groups in total. The summed E-state index contributed by atoms with van der Waals surface area (Å²) in [5.74, 6) is 1.38. The quantitative estimate of drug-likeness (QED) is 0.748. The largest absolute Gasteiger partial charge is 0.368 e. The fraction of sp³-hybridized carbons (Fsp3) is 0.167. The van der Waals surface area contributed by atoms with Crippen LogP contribution in [0.25, 0.3) is 10.8 Å². The van der Waals surface area contributed by atoms with E-state index in [2.05, 4.69) is 25.7 Å². The monoisotopic (exact) mass is 241 g/mol. The van der Waals surface area contributed by atoms with Crippen LogP contribution in [-0.2, 0) is 6.42 Å². The second kappa shape index (κ2) is 4.79. The zero-order chi connectivity index (χ0) is 12.2. The Morgan fingerprint density at radius 1 is 1.22 bits per heavy atom. The Labute approximate surface area is 103 Å². The number of aromatic nitrogens is 4. The first-order valence-corrected chi connectivity index (χ1v) is 5.63. The Balaban J connectivity index is 1.74. The molecule has 0 spiro atoms. The van der Waals surface area contributed by atoms with Gasteiger partial charge in [-0.25, -0.2) is 0 Å². The van der Waals surface area contributed by atoms with E-state index in [4.69, 9.17) is 4.52 Å². The molecule has 90 valence electrons. The van der Waals surface area contributed by atoms with Crippen molar-refractivity contribution in [2.24, 2.45) is 0 Å². The van der Waals surface area contributed by atoms with Gasteiger partial charge in [0.25, 0.3) is 0 Å². The average Bonchev–Trinajstić information content (AvgIpc) is 2.92. The maximum Gasteiger partial charge on any atom is 0.228 e. The number of fused-ring (bicyclic) bond motifs is 1. The lowest BCUT2D eigenvalue weighted by molar-refractivity contribution is 0.379. The van der Waals surface area contributed by atoms with E-state index >= 15 is 0 Å². The number of hydrogen-bond acceptors (Lipinski definition) is 6. The molecule has 2 aromatic heterocycles. The van der Waals surface area contributed by atoms with Crippen LogP contribution in [0.1, 0.15) is 5.89 Å². The van der Waals surface area contributed by atoms with Gasteiger partial charge in [-0.05, 0) is 0 Å². The van der Waals surface area contributed by atoms with Crippen LogP contribution in [-0.4, -0.2) is 26.9 Å². The van der Waals surface area contributed by atoms with Crippen molar-refractivity contribution < 1.29 is 4.52 Å². The molecule has 0 saturated carbocycles. The van der Waals surface area contributed by atoms with Crippen molar-refractivity contribution in [3.8, 4) is 0 Å². The Bertz CT molecular complexity index is 633. The summed E-state index contributed by atoms with van der Waals surface area (Å²) in [5.41, 5.74) is 0. The first-order valence-electron chi connectivity index (χ1n) is 5.63. The number of hydrogen-bond donors (Lipinski definition) is 1. The Morgan fingerprint density at radius 3 is 3.06 bits per heavy atom. The molecular formula is C12H11N5O. The minimum atomic E-state index is 0.607. The van der Waals surface area contributed by atoms with Crippen molar-refractivity contribution in [2.75, 3.05) is 11.9 Å². The van der Waals surface area contributed by atoms with Crippen LogP contribution >= 0.6 is 0 Å². The summed E-state index contributed by atoms with van der Waals surface area (Å²) in [7, 11) is 0. The lowest BCUT2D eigenvalue weighted by Gasteiger charge is -2.06. The van der Waals surface area contributed by atoms with Gasteiger partial charge in [-0.3, -0.25) is 0 Å². The molecule has 0 aliphatic rings. The Morgan fingerprint density at radius 2 is 2.17 bits per heavy atom. The van der Waals surface area contributed by atoms with Crippen LogP contribution in [0.3, 0.4) is 0 Å². The topological polar surface area (TPSA) is 76.7 Å². The van der Waals surface area contributed by atoms with Crippen LogP contribution in [0.2, 0.25) is 0 Å². The second-order valence-corrected chi connectivity index (χ2v) is 3.79. The molecule has 0 bridgehead atoms. The molecule has 2 heterocycles. The van der Waals surface area contributed by atoms with E-state index in [1.54, 1.807) is 6.20 Å². The maximum absolute atomic E-state index is 4.92. The second-order valence-electron chi connectivity index (χ2n) is 3.79. The molecule has 0 unspecified atom stereocenters. The molecule has 6 nitrogen and oxygen atoms in total. The zero-order valence-electron chi connectivity index (χ0n) is 9.58. The molecule has 18 heavy (non-hydrogen) atoms. The van der Waals surface area contributed by atoms with E-state index < -0.39 is 0 Å². The maximum atomic E-state index is 4.92. The van der Waals surface area contributed by atoms with Gasteiger partial charge >= 0.3 is 0 Å². The van der Waals surface area contributed by atoms with Gasteiger partial charge in [-0.2, -0.15) is 10.1 Å². The van der Waals surface area contributed by atoms with Crippen molar-refractivity contribution in [3.05, 3.63) is 42.7 Å². The third kappa shape index (κ3) is 2.13. The van der Waals surface area contributed by atoms with Crippen LogP contribution < -0.4 is 5.32 Å². The van der Waals surface area contributed by atoms with E-state index in [0.29, 0.717) is 18.9 Å². The van der Waals surface area contributed by atoms with Gasteiger partial charge in [0, 0.05) is 23.7 Å². The molecule has 0 fully saturated rings. The fourth-order valence-corrected chi connectivity index (χ4v) is 1.75. The van der Waals surface area contributed by atoms with Crippen molar-refractivity contribution in [3.63, 3.8) is 0 Å². The fourth-order valence-electron chi connectivity index (χ4n) is 1.75. The highest BCUT2D eigenvalue weighted by Crippen LogP contribution is 2.18. The van der Waals surface area contributed by atoms with Gasteiger partial charge in [0.1, 0.15) is 0 Å². The van der Waals surface area contributed by atoms with Gasteiger partial charge in [-0.1, -0.05) is 29.4 Å². The molecule has 0 saturated heterocycles. The lowest BCUT2D eigenvalue weighted by atomic mass is 10.2. The molecule has 1 aromatic carbocycles. The smallest absolute Gasteiger partial charge is 0.228 e. The lowest BCUT2D eigenvalue weighted by Crippen LogP contribution is -2.07. The average molecular weight is 241 g/mol. The van der Waals surface area contributed by atoms with Gasteiger partial charge in [0.15, 0.2) is 12.1 Å². The van der Waals surface area contributed by atoms with E-state index in [1.165, 1.54) is 6.33 Å². The summed E-state index contributed by atoms with van der Waals surface area (Å²) in [4.78, 5) is 3.96. The van der Waals surface area contributed by atoms with Crippen molar-refractivity contribution >= 4 is 16.6 Å². The van der Waals surface area contributed by atoms with Crippen LogP contribution in [0.5, 0.6) is 0 Å². The standard InChI is InChI=1S/C12H11N5O/c1-2-4-10-9(3-1)7-15-17-12(10)13-6-5-11-14-8-16-18-11/h1-4,7-8H,5-6H2,(H,13,17). The molecule has 0 aliphatic heterocycles. The number of nitrogens with one attached hydrogen (secondary N) is 1. The Kier molecular flexibility index (Phi) is 2.83. The Hall–Kier alpha value is -2.50. The molecule has 0 radical (unpaired) electrons. The normalized spacial score (nSPS) is 10.7. The SMILES string of the molecule is c1ccc2c(NCCc3ncno3)nncc2c1. The zero-order valence-corrected chi connectivity index (χ0v) is 9.58. The summed E-state index contributed by atoms with van der Waals surface area (Å²) in [5, 5.41) is 17.0. The van der Waals surface area contributed by atoms with E-state index in [-0.39, 0.29) is 0 Å². The van der Waals surface area contributed by atoms with Crippen molar-refractivity contribution in [1.29, 1.82) is 0 Å². The molecular weight excluding hydrogens is 230 g/mol. The first-order chi connectivity index (χ1) is 8.93. The third-order valence-corrected chi connectivity index (χ3v) is 2.61. The van der Waals surface area contributed by atoms with Crippen LogP contribution in [0, 0.1) is 0 Å². The summed E-state index contributed by atoms with van der Waals surface area (Å²) in [6.07, 6.45) is 3.80. The van der Waals surface area contributed by atoms with E-state index in [1.807, 2.05) is 24.3 Å². The molecule has 0 amide bonds. The predicted octanol–water partition coefficient (Wildman–Crippen LogP) is 1.67. The minimum Gasteiger partial charge on any atom is -0.368 e. The third-order valence-electron chi connectivity index (χ3n) is 2.61. The molecule has 0 atom stereocenters. The van der Waals surface area contributed by atoms with Gasteiger partial charge in [-0.15, -0.1) is 5.10 Å². The minimum absolute atomic E-state index is 0.607. The molecule has 3 aromatic rings. The van der Waals surface area contributed by atoms with Crippen molar-refractivity contribution in [2.45, 2.75) is 6.42 Å². The number of rotatable bonds is 4. The molecule has 3 rings (SSSR count). The summed E-state index contributed by atoms with van der Waals surface area (Å²) >= 11 is 0. The van der Waals surface area contributed by atoms with Crippen molar-refractivity contribution in [1.82, 2.24) is 20.3 Å². The predicted molar refractivity (Wildman–Crippen MR) is 66.0 cm³/mol. The number of anilines is 1. The number of nitrogens with zero attached hydrogens (tertiary/aromatic N) is 4. The summed E-state index contributed by atoms with van der Waals surface area (Å²) in [6, 6.07) is 7.98. The molecule has 0 aliphatic carbocycles. The van der Waals surface area contributed by atoms with Crippen LogP contribution in [0.4, 0.5) is 5.82 Å². The highest BCUT2D eigenvalue weighted by Gasteiger charge is 2.03. The first kappa shape index (κ1) is 10.6. The van der Waals surface area contributed by atoms with Gasteiger partial charge in [0.05, 0.1) is 6.20 Å².